The summed E-state index contributed by atoms with van der Waals surface area (Å²) >= 11 is 0. The second-order valence-corrected chi connectivity index (χ2v) is 10.1. The first-order valence-electron chi connectivity index (χ1n) is 13.3. The Morgan fingerprint density at radius 3 is 2.55 bits per heavy atom. The fourth-order valence-corrected chi connectivity index (χ4v) is 5.92. The standard InChI is InChI=1S/C32H31FN4O/c1-2-35-32(38)24-5-3-21(4-6-24)26-18-28-17-25(13-16-37(28)20-26)29-19-36-31(23-7-9-27(33)10-8-23)30(29)22-11-14-34-15-12-22/h3-12,14-15,17,19,26,28,36H,2,13,16,18,20H2,1H3,(H,35,38)/t26-,28-/m1/s1. The number of pyridine rings is 1. The number of carbonyl (C=O) groups excluding carboxylic acids is 1. The molecule has 2 aromatic carbocycles. The maximum atomic E-state index is 13.6. The van der Waals surface area contributed by atoms with Gasteiger partial charge in [0.15, 0.2) is 0 Å². The first kappa shape index (κ1) is 24.3. The molecule has 6 heteroatoms. The minimum absolute atomic E-state index is 0.0213. The Hall–Kier alpha value is -4.03. The van der Waals surface area contributed by atoms with Gasteiger partial charge in [0.1, 0.15) is 5.82 Å². The Kier molecular flexibility index (Phi) is 6.64. The van der Waals surface area contributed by atoms with Gasteiger partial charge in [-0.2, -0.15) is 0 Å². The molecule has 5 nitrogen and oxygen atoms in total. The molecule has 2 aliphatic heterocycles. The van der Waals surface area contributed by atoms with E-state index >= 15 is 0 Å². The number of aromatic nitrogens is 2. The maximum Gasteiger partial charge on any atom is 0.251 e. The summed E-state index contributed by atoms with van der Waals surface area (Å²) in [7, 11) is 0. The van der Waals surface area contributed by atoms with E-state index in [9.17, 15) is 9.18 Å². The zero-order valence-electron chi connectivity index (χ0n) is 21.5. The molecule has 0 spiro atoms. The monoisotopic (exact) mass is 506 g/mol. The number of hydrogen-bond donors (Lipinski definition) is 2. The fraction of sp³-hybridized carbons (Fsp3) is 0.250. The Bertz CT molecular complexity index is 1460. The molecule has 0 radical (unpaired) electrons. The van der Waals surface area contributed by atoms with Gasteiger partial charge in [-0.15, -0.1) is 0 Å². The highest BCUT2D eigenvalue weighted by Gasteiger charge is 2.34. The Morgan fingerprint density at radius 2 is 1.82 bits per heavy atom. The molecule has 38 heavy (non-hydrogen) atoms. The van der Waals surface area contributed by atoms with Gasteiger partial charge in [-0.05, 0) is 96.5 Å². The highest BCUT2D eigenvalue weighted by atomic mass is 19.1. The summed E-state index contributed by atoms with van der Waals surface area (Å²) in [5, 5.41) is 2.87. The Balaban J connectivity index is 1.29. The summed E-state index contributed by atoms with van der Waals surface area (Å²) in [6, 6.07) is 19.2. The van der Waals surface area contributed by atoms with Gasteiger partial charge in [0, 0.05) is 61.0 Å². The van der Waals surface area contributed by atoms with Crippen LogP contribution in [0.1, 0.15) is 47.2 Å². The van der Waals surface area contributed by atoms with E-state index in [0.717, 1.165) is 48.3 Å². The molecular weight excluding hydrogens is 475 g/mol. The number of hydrogen-bond acceptors (Lipinski definition) is 3. The summed E-state index contributed by atoms with van der Waals surface area (Å²) in [5.74, 6) is 0.183. The van der Waals surface area contributed by atoms with E-state index in [2.05, 4.69) is 44.6 Å². The van der Waals surface area contributed by atoms with Gasteiger partial charge in [-0.1, -0.05) is 18.2 Å². The molecule has 2 N–H and O–H groups in total. The van der Waals surface area contributed by atoms with E-state index in [-0.39, 0.29) is 11.7 Å². The normalized spacial score (nSPS) is 19.2. The van der Waals surface area contributed by atoms with Gasteiger partial charge in [0.2, 0.25) is 0 Å². The molecule has 4 aromatic rings. The predicted octanol–water partition coefficient (Wildman–Crippen LogP) is 6.28. The van der Waals surface area contributed by atoms with Gasteiger partial charge in [0.05, 0.1) is 5.69 Å². The zero-order chi connectivity index (χ0) is 26.1. The smallest absolute Gasteiger partial charge is 0.251 e. The third-order valence-corrected chi connectivity index (χ3v) is 7.82. The van der Waals surface area contributed by atoms with Crippen LogP contribution in [0.2, 0.25) is 0 Å². The first-order chi connectivity index (χ1) is 18.6. The minimum Gasteiger partial charge on any atom is -0.360 e. The van der Waals surface area contributed by atoms with Crippen LogP contribution in [-0.2, 0) is 0 Å². The number of nitrogens with zero attached hydrogens (tertiary/aromatic N) is 2. The van der Waals surface area contributed by atoms with Crippen LogP contribution in [0.4, 0.5) is 4.39 Å². The first-order valence-corrected chi connectivity index (χ1v) is 13.3. The topological polar surface area (TPSA) is 61.0 Å². The van der Waals surface area contributed by atoms with Crippen LogP contribution < -0.4 is 5.32 Å². The van der Waals surface area contributed by atoms with Crippen LogP contribution in [0, 0.1) is 5.82 Å². The molecule has 6 rings (SSSR count). The molecule has 0 unspecified atom stereocenters. The van der Waals surface area contributed by atoms with Crippen LogP contribution in [0.5, 0.6) is 0 Å². The van der Waals surface area contributed by atoms with Crippen molar-refractivity contribution < 1.29 is 9.18 Å². The van der Waals surface area contributed by atoms with E-state index in [1.165, 1.54) is 28.8 Å². The van der Waals surface area contributed by atoms with Crippen LogP contribution in [0.25, 0.3) is 28.0 Å². The van der Waals surface area contributed by atoms with Crippen molar-refractivity contribution >= 4 is 11.5 Å². The average molecular weight is 507 g/mol. The lowest BCUT2D eigenvalue weighted by molar-refractivity contribution is 0.0956. The van der Waals surface area contributed by atoms with Crippen molar-refractivity contribution in [3.05, 3.63) is 108 Å². The lowest BCUT2D eigenvalue weighted by Crippen LogP contribution is -2.32. The SMILES string of the molecule is CCNC(=O)c1ccc([C@@H]2C[C@H]3C=C(c4c[nH]c(-c5ccc(F)cc5)c4-c4ccncc4)CCN3C2)cc1. The van der Waals surface area contributed by atoms with Gasteiger partial charge in [-0.3, -0.25) is 14.7 Å². The fourth-order valence-electron chi connectivity index (χ4n) is 5.92. The highest BCUT2D eigenvalue weighted by Crippen LogP contribution is 2.42. The molecule has 2 atom stereocenters. The van der Waals surface area contributed by atoms with Gasteiger partial charge in [-0.25, -0.2) is 4.39 Å². The second-order valence-electron chi connectivity index (χ2n) is 10.1. The van der Waals surface area contributed by atoms with E-state index in [0.29, 0.717) is 24.1 Å². The molecule has 1 amide bonds. The third-order valence-electron chi connectivity index (χ3n) is 7.82. The number of halogens is 1. The summed E-state index contributed by atoms with van der Waals surface area (Å²) in [5.41, 5.74) is 8.72. The third kappa shape index (κ3) is 4.68. The lowest BCUT2D eigenvalue weighted by atomic mass is 9.90. The molecule has 192 valence electrons. The zero-order valence-corrected chi connectivity index (χ0v) is 21.5. The quantitative estimate of drug-likeness (QED) is 0.324. The number of H-pyrrole nitrogens is 1. The highest BCUT2D eigenvalue weighted by molar-refractivity contribution is 5.94. The molecule has 2 aromatic heterocycles. The largest absolute Gasteiger partial charge is 0.360 e. The van der Waals surface area contributed by atoms with Gasteiger partial charge < -0.3 is 10.3 Å². The number of benzene rings is 2. The summed E-state index contributed by atoms with van der Waals surface area (Å²) in [6.45, 7) is 4.60. The maximum absolute atomic E-state index is 13.6. The van der Waals surface area contributed by atoms with Crippen LogP contribution in [-0.4, -0.2) is 46.5 Å². The lowest BCUT2D eigenvalue weighted by Gasteiger charge is -2.28. The van der Waals surface area contributed by atoms with Gasteiger partial charge >= 0.3 is 0 Å². The van der Waals surface area contributed by atoms with E-state index in [1.807, 2.05) is 55.7 Å². The molecular formula is C32H31FN4O. The number of fused-ring (bicyclic) bond motifs is 1. The Morgan fingerprint density at radius 1 is 1.05 bits per heavy atom. The minimum atomic E-state index is -0.240. The summed E-state index contributed by atoms with van der Waals surface area (Å²) in [4.78, 5) is 22.4. The number of aromatic amines is 1. The van der Waals surface area contributed by atoms with Crippen LogP contribution >= 0.6 is 0 Å². The molecule has 0 aliphatic carbocycles. The average Bonchev–Trinajstić information content (AvgIpc) is 3.59. The number of carbonyl (C=O) groups is 1. The van der Waals surface area contributed by atoms with Gasteiger partial charge in [0.25, 0.3) is 5.91 Å². The van der Waals surface area contributed by atoms with E-state index in [1.54, 1.807) is 0 Å². The molecule has 0 saturated carbocycles. The van der Waals surface area contributed by atoms with Crippen molar-refractivity contribution in [2.45, 2.75) is 31.7 Å². The van der Waals surface area contributed by atoms with Crippen molar-refractivity contribution in [2.75, 3.05) is 19.6 Å². The summed E-state index contributed by atoms with van der Waals surface area (Å²) < 4.78 is 13.6. The molecule has 1 saturated heterocycles. The van der Waals surface area contributed by atoms with Crippen molar-refractivity contribution in [3.63, 3.8) is 0 Å². The Labute approximate surface area is 222 Å². The van der Waals surface area contributed by atoms with Crippen LogP contribution in [0.15, 0.2) is 85.3 Å². The predicted molar refractivity (Wildman–Crippen MR) is 149 cm³/mol. The van der Waals surface area contributed by atoms with E-state index in [4.69, 9.17) is 0 Å². The van der Waals surface area contributed by atoms with Crippen molar-refractivity contribution in [2.24, 2.45) is 0 Å². The van der Waals surface area contributed by atoms with Crippen LogP contribution in [0.3, 0.4) is 0 Å². The van der Waals surface area contributed by atoms with E-state index < -0.39 is 0 Å². The second kappa shape index (κ2) is 10.4. The number of amides is 1. The number of nitrogens with one attached hydrogen (secondary N) is 2. The summed E-state index contributed by atoms with van der Waals surface area (Å²) in [6.07, 6.45) is 10.2. The molecule has 0 bridgehead atoms. The van der Waals surface area contributed by atoms with Crippen molar-refractivity contribution in [1.82, 2.24) is 20.2 Å². The molecule has 4 heterocycles. The number of rotatable bonds is 6. The van der Waals surface area contributed by atoms with Crippen molar-refractivity contribution in [1.29, 1.82) is 0 Å². The molecule has 1 fully saturated rings. The van der Waals surface area contributed by atoms with Crippen molar-refractivity contribution in [3.8, 4) is 22.4 Å². The molecule has 2 aliphatic rings.